The van der Waals surface area contributed by atoms with E-state index in [0.717, 1.165) is 25.7 Å². The van der Waals surface area contributed by atoms with Crippen molar-refractivity contribution in [1.82, 2.24) is 5.32 Å². The molecule has 80 valence electrons. The van der Waals surface area contributed by atoms with Crippen molar-refractivity contribution in [2.45, 2.75) is 38.7 Å². The topological polar surface area (TPSA) is 49.3 Å². The van der Waals surface area contributed by atoms with Gasteiger partial charge in [-0.1, -0.05) is 12.5 Å². The normalized spacial score (nSPS) is 27.9. The largest absolute Gasteiger partial charge is 0.393 e. The highest BCUT2D eigenvalue weighted by atomic mass is 16.3. The predicted molar refractivity (Wildman–Crippen MR) is 55.8 cm³/mol. The van der Waals surface area contributed by atoms with E-state index in [1.54, 1.807) is 6.08 Å². The fourth-order valence-corrected chi connectivity index (χ4v) is 1.90. The van der Waals surface area contributed by atoms with E-state index in [0.29, 0.717) is 12.5 Å². The number of carbonyl (C=O) groups excluding carboxylic acids is 1. The van der Waals surface area contributed by atoms with Gasteiger partial charge in [-0.3, -0.25) is 4.79 Å². The van der Waals surface area contributed by atoms with Crippen LogP contribution in [0.4, 0.5) is 0 Å². The first-order valence-electron chi connectivity index (χ1n) is 5.31. The van der Waals surface area contributed by atoms with E-state index in [1.807, 2.05) is 6.92 Å². The molecule has 1 rings (SSSR count). The van der Waals surface area contributed by atoms with Gasteiger partial charge in [-0.25, -0.2) is 0 Å². The fraction of sp³-hybridized carbons (Fsp3) is 0.727. The molecule has 0 bridgehead atoms. The van der Waals surface area contributed by atoms with Crippen LogP contribution in [-0.4, -0.2) is 23.7 Å². The van der Waals surface area contributed by atoms with Gasteiger partial charge in [-0.05, 0) is 38.2 Å². The minimum absolute atomic E-state index is 0.0347. The Kier molecular flexibility index (Phi) is 4.66. The number of aliphatic hydroxyl groups excluding tert-OH is 1. The molecule has 0 aromatic carbocycles. The van der Waals surface area contributed by atoms with E-state index >= 15 is 0 Å². The Balaban J connectivity index is 2.20. The standard InChI is InChI=1S/C11H19NO2/c1-2-4-11(14)12-8-9-5-3-6-10(13)7-9/h2,4,9-10,13H,3,5-8H2,1H3,(H,12,14)/b4-2+. The average Bonchev–Trinajstić information content (AvgIpc) is 2.15. The molecule has 3 nitrogen and oxygen atoms in total. The SMILES string of the molecule is C/C=C/C(=O)NCC1CCCC(O)C1. The molecule has 3 heteroatoms. The summed E-state index contributed by atoms with van der Waals surface area (Å²) in [6, 6.07) is 0. The van der Waals surface area contributed by atoms with Crippen LogP contribution in [0.3, 0.4) is 0 Å². The van der Waals surface area contributed by atoms with Gasteiger partial charge in [0.2, 0.25) is 5.91 Å². The van der Waals surface area contributed by atoms with Crippen LogP contribution >= 0.6 is 0 Å². The Morgan fingerprint density at radius 2 is 2.36 bits per heavy atom. The summed E-state index contributed by atoms with van der Waals surface area (Å²) in [7, 11) is 0. The summed E-state index contributed by atoms with van der Waals surface area (Å²) in [4.78, 5) is 11.1. The van der Waals surface area contributed by atoms with E-state index in [2.05, 4.69) is 5.32 Å². The first-order chi connectivity index (χ1) is 6.72. The van der Waals surface area contributed by atoms with Gasteiger partial charge in [0.15, 0.2) is 0 Å². The summed E-state index contributed by atoms with van der Waals surface area (Å²) in [5, 5.41) is 12.3. The third-order valence-corrected chi connectivity index (χ3v) is 2.64. The molecule has 0 spiro atoms. The quantitative estimate of drug-likeness (QED) is 0.668. The van der Waals surface area contributed by atoms with E-state index in [-0.39, 0.29) is 12.0 Å². The Morgan fingerprint density at radius 3 is 3.00 bits per heavy atom. The van der Waals surface area contributed by atoms with Crippen LogP contribution in [0.5, 0.6) is 0 Å². The minimum Gasteiger partial charge on any atom is -0.393 e. The van der Waals surface area contributed by atoms with Gasteiger partial charge in [-0.2, -0.15) is 0 Å². The predicted octanol–water partition coefficient (Wildman–Crippen LogP) is 1.23. The van der Waals surface area contributed by atoms with Gasteiger partial charge in [0, 0.05) is 6.54 Å². The molecular formula is C11H19NO2. The molecule has 0 aromatic heterocycles. The lowest BCUT2D eigenvalue weighted by atomic mass is 9.87. The summed E-state index contributed by atoms with van der Waals surface area (Å²) >= 11 is 0. The molecule has 0 radical (unpaired) electrons. The lowest BCUT2D eigenvalue weighted by molar-refractivity contribution is -0.116. The van der Waals surface area contributed by atoms with Gasteiger partial charge in [0.1, 0.15) is 0 Å². The summed E-state index contributed by atoms with van der Waals surface area (Å²) in [5.74, 6) is 0.417. The van der Waals surface area contributed by atoms with E-state index in [4.69, 9.17) is 0 Å². The van der Waals surface area contributed by atoms with Gasteiger partial charge in [0.25, 0.3) is 0 Å². The molecule has 1 fully saturated rings. The van der Waals surface area contributed by atoms with Gasteiger partial charge < -0.3 is 10.4 Å². The highest BCUT2D eigenvalue weighted by Gasteiger charge is 2.19. The zero-order valence-corrected chi connectivity index (χ0v) is 8.70. The van der Waals surface area contributed by atoms with Crippen LogP contribution in [0.2, 0.25) is 0 Å². The van der Waals surface area contributed by atoms with Crippen molar-refractivity contribution in [3.8, 4) is 0 Å². The molecule has 1 saturated carbocycles. The van der Waals surface area contributed by atoms with Crippen LogP contribution in [-0.2, 0) is 4.79 Å². The third kappa shape index (κ3) is 3.92. The molecule has 2 unspecified atom stereocenters. The number of nitrogens with one attached hydrogen (secondary N) is 1. The molecule has 0 heterocycles. The Labute approximate surface area is 85.2 Å². The van der Waals surface area contributed by atoms with Crippen LogP contribution in [0.25, 0.3) is 0 Å². The second kappa shape index (κ2) is 5.81. The number of hydrogen-bond acceptors (Lipinski definition) is 2. The smallest absolute Gasteiger partial charge is 0.243 e. The Morgan fingerprint density at radius 1 is 1.57 bits per heavy atom. The Hall–Kier alpha value is -0.830. The van der Waals surface area contributed by atoms with Gasteiger partial charge in [0.05, 0.1) is 6.10 Å². The molecule has 0 aliphatic heterocycles. The van der Waals surface area contributed by atoms with Crippen LogP contribution in [0.15, 0.2) is 12.2 Å². The summed E-state index contributed by atoms with van der Waals surface area (Å²) in [6.45, 7) is 2.52. The van der Waals surface area contributed by atoms with Crippen LogP contribution in [0.1, 0.15) is 32.6 Å². The summed E-state index contributed by atoms with van der Waals surface area (Å²) in [6.07, 6.45) is 7.03. The first kappa shape index (κ1) is 11.2. The number of rotatable bonds is 3. The zero-order valence-electron chi connectivity index (χ0n) is 8.70. The zero-order chi connectivity index (χ0) is 10.4. The lowest BCUT2D eigenvalue weighted by Crippen LogP contribution is -2.31. The highest BCUT2D eigenvalue weighted by molar-refractivity contribution is 5.87. The number of hydrogen-bond donors (Lipinski definition) is 2. The molecule has 1 aliphatic carbocycles. The lowest BCUT2D eigenvalue weighted by Gasteiger charge is -2.25. The van der Waals surface area contributed by atoms with Crippen molar-refractivity contribution in [2.24, 2.45) is 5.92 Å². The first-order valence-corrected chi connectivity index (χ1v) is 5.31. The molecule has 0 aromatic rings. The van der Waals surface area contributed by atoms with Gasteiger partial charge in [-0.15, -0.1) is 0 Å². The average molecular weight is 197 g/mol. The molecule has 1 aliphatic rings. The van der Waals surface area contributed by atoms with Crippen molar-refractivity contribution in [2.75, 3.05) is 6.54 Å². The molecule has 14 heavy (non-hydrogen) atoms. The number of allylic oxidation sites excluding steroid dienone is 1. The number of amides is 1. The summed E-state index contributed by atoms with van der Waals surface area (Å²) in [5.41, 5.74) is 0. The molecule has 1 amide bonds. The van der Waals surface area contributed by atoms with Crippen molar-refractivity contribution in [3.05, 3.63) is 12.2 Å². The van der Waals surface area contributed by atoms with Gasteiger partial charge >= 0.3 is 0 Å². The van der Waals surface area contributed by atoms with E-state index in [1.165, 1.54) is 6.08 Å². The number of carbonyl (C=O) groups is 1. The number of aliphatic hydroxyl groups is 1. The van der Waals surface area contributed by atoms with Crippen LogP contribution in [0, 0.1) is 5.92 Å². The van der Waals surface area contributed by atoms with E-state index in [9.17, 15) is 9.90 Å². The fourth-order valence-electron chi connectivity index (χ4n) is 1.90. The third-order valence-electron chi connectivity index (χ3n) is 2.64. The maximum atomic E-state index is 11.1. The Bertz CT molecular complexity index is 213. The maximum Gasteiger partial charge on any atom is 0.243 e. The van der Waals surface area contributed by atoms with E-state index < -0.39 is 0 Å². The maximum absolute atomic E-state index is 11.1. The van der Waals surface area contributed by atoms with Crippen LogP contribution < -0.4 is 5.32 Å². The van der Waals surface area contributed by atoms with Crippen molar-refractivity contribution in [3.63, 3.8) is 0 Å². The van der Waals surface area contributed by atoms with Crippen molar-refractivity contribution >= 4 is 5.91 Å². The monoisotopic (exact) mass is 197 g/mol. The second-order valence-corrected chi connectivity index (χ2v) is 3.93. The minimum atomic E-state index is -0.160. The molecule has 2 N–H and O–H groups in total. The summed E-state index contributed by atoms with van der Waals surface area (Å²) < 4.78 is 0. The molecule has 2 atom stereocenters. The second-order valence-electron chi connectivity index (χ2n) is 3.93. The molecular weight excluding hydrogens is 178 g/mol. The highest BCUT2D eigenvalue weighted by Crippen LogP contribution is 2.23. The van der Waals surface area contributed by atoms with Crippen molar-refractivity contribution < 1.29 is 9.90 Å². The molecule has 0 saturated heterocycles. The van der Waals surface area contributed by atoms with Crippen molar-refractivity contribution in [1.29, 1.82) is 0 Å².